The second kappa shape index (κ2) is 7.24. The predicted molar refractivity (Wildman–Crippen MR) is 44.7 cm³/mol. The van der Waals surface area contributed by atoms with Crippen LogP contribution in [0.2, 0.25) is 0 Å². The zero-order valence-corrected chi connectivity index (χ0v) is 6.84. The second-order valence-electron chi connectivity index (χ2n) is 2.12. The van der Waals surface area contributed by atoms with Gasteiger partial charge in [0.15, 0.2) is 0 Å². The molecule has 0 spiro atoms. The van der Waals surface area contributed by atoms with E-state index in [1.54, 1.807) is 13.0 Å². The van der Waals surface area contributed by atoms with Crippen molar-refractivity contribution in [3.8, 4) is 0 Å². The summed E-state index contributed by atoms with van der Waals surface area (Å²) in [6.07, 6.45) is 3.30. The van der Waals surface area contributed by atoms with Crippen LogP contribution in [0.4, 0.5) is 0 Å². The minimum Gasteiger partial charge on any atom is -0.478 e. The maximum absolute atomic E-state index is 10.2. The highest BCUT2D eigenvalue weighted by molar-refractivity contribution is 5.85. The van der Waals surface area contributed by atoms with Gasteiger partial charge in [0, 0.05) is 5.57 Å². The Morgan fingerprint density at radius 3 is 2.55 bits per heavy atom. The van der Waals surface area contributed by atoms with Crippen LogP contribution in [-0.4, -0.2) is 17.6 Å². The van der Waals surface area contributed by atoms with Gasteiger partial charge >= 0.3 is 5.97 Å². The minimum atomic E-state index is -0.850. The largest absolute Gasteiger partial charge is 0.478 e. The molecule has 0 atom stereocenters. The van der Waals surface area contributed by atoms with Crippen LogP contribution in [0.25, 0.3) is 0 Å². The van der Waals surface area contributed by atoms with Gasteiger partial charge in [0.05, 0.1) is 0 Å². The van der Waals surface area contributed by atoms with E-state index in [0.29, 0.717) is 12.1 Å². The number of carboxylic acids is 1. The molecule has 11 heavy (non-hydrogen) atoms. The van der Waals surface area contributed by atoms with Crippen molar-refractivity contribution in [1.29, 1.82) is 0 Å². The van der Waals surface area contributed by atoms with Gasteiger partial charge in [-0.1, -0.05) is 6.08 Å². The molecule has 0 rings (SSSR count). The number of allylic oxidation sites excluding steroid dienone is 1. The van der Waals surface area contributed by atoms with Gasteiger partial charge in [0.1, 0.15) is 0 Å². The lowest BCUT2D eigenvalue weighted by Crippen LogP contribution is -1.99. The molecule has 0 amide bonds. The van der Waals surface area contributed by atoms with Gasteiger partial charge in [-0.05, 0) is 26.3 Å². The molecule has 66 valence electrons. The minimum absolute atomic E-state index is 0. The number of unbranched alkanes of at least 4 members (excludes halogenated alkanes) is 1. The number of hydrogen-bond acceptors (Lipinski definition) is 3. The molecule has 0 aliphatic carbocycles. The first-order valence-corrected chi connectivity index (χ1v) is 3.28. The Kier molecular flexibility index (Phi) is 8.41. The highest BCUT2D eigenvalue weighted by Crippen LogP contribution is 1.96. The van der Waals surface area contributed by atoms with Gasteiger partial charge in [-0.25, -0.2) is 4.79 Å². The number of aliphatic carboxylic acids is 1. The van der Waals surface area contributed by atoms with Crippen LogP contribution in [0.15, 0.2) is 11.6 Å². The monoisotopic (exact) mass is 160 g/mol. The zero-order valence-electron chi connectivity index (χ0n) is 6.84. The molecule has 4 nitrogen and oxygen atoms in total. The lowest BCUT2D eigenvalue weighted by molar-refractivity contribution is -0.132. The van der Waals surface area contributed by atoms with E-state index in [1.165, 1.54) is 0 Å². The SMILES string of the molecule is CC(=CCCCN)C(=O)O.N. The molecule has 0 aromatic rings. The summed E-state index contributed by atoms with van der Waals surface area (Å²) in [6.45, 7) is 2.20. The highest BCUT2D eigenvalue weighted by atomic mass is 16.4. The van der Waals surface area contributed by atoms with Crippen molar-refractivity contribution in [3.63, 3.8) is 0 Å². The maximum Gasteiger partial charge on any atom is 0.330 e. The van der Waals surface area contributed by atoms with E-state index in [-0.39, 0.29) is 6.15 Å². The number of hydrogen-bond donors (Lipinski definition) is 3. The highest BCUT2D eigenvalue weighted by Gasteiger charge is 1.96. The van der Waals surface area contributed by atoms with Gasteiger partial charge in [-0.2, -0.15) is 0 Å². The summed E-state index contributed by atoms with van der Waals surface area (Å²) in [6, 6.07) is 0. The molecule has 0 aliphatic heterocycles. The predicted octanol–water partition coefficient (Wildman–Crippen LogP) is 0.918. The second-order valence-corrected chi connectivity index (χ2v) is 2.12. The van der Waals surface area contributed by atoms with Gasteiger partial charge in [-0.3, -0.25) is 0 Å². The molecule has 0 saturated heterocycles. The van der Waals surface area contributed by atoms with Crippen LogP contribution in [0.1, 0.15) is 19.8 Å². The Morgan fingerprint density at radius 2 is 2.18 bits per heavy atom. The summed E-state index contributed by atoms with van der Waals surface area (Å²) in [7, 11) is 0. The van der Waals surface area contributed by atoms with Crippen LogP contribution in [0, 0.1) is 0 Å². The van der Waals surface area contributed by atoms with E-state index in [2.05, 4.69) is 0 Å². The van der Waals surface area contributed by atoms with E-state index >= 15 is 0 Å². The molecule has 0 unspecified atom stereocenters. The molecule has 4 heteroatoms. The third kappa shape index (κ3) is 7.02. The number of nitrogens with two attached hydrogens (primary N) is 1. The van der Waals surface area contributed by atoms with Gasteiger partial charge in [0.2, 0.25) is 0 Å². The summed E-state index contributed by atoms with van der Waals surface area (Å²) in [5.41, 5.74) is 5.61. The molecule has 0 aromatic carbocycles. The van der Waals surface area contributed by atoms with Crippen molar-refractivity contribution in [3.05, 3.63) is 11.6 Å². The van der Waals surface area contributed by atoms with Gasteiger partial charge in [-0.15, -0.1) is 0 Å². The quantitative estimate of drug-likeness (QED) is 0.420. The number of carboxylic acid groups (broad SMARTS) is 1. The van der Waals surface area contributed by atoms with E-state index in [0.717, 1.165) is 12.8 Å². The lowest BCUT2D eigenvalue weighted by Gasteiger charge is -1.92. The van der Waals surface area contributed by atoms with Crippen molar-refractivity contribution in [1.82, 2.24) is 6.15 Å². The summed E-state index contributed by atoms with van der Waals surface area (Å²) in [5, 5.41) is 8.38. The van der Waals surface area contributed by atoms with Gasteiger partial charge < -0.3 is 17.0 Å². The Morgan fingerprint density at radius 1 is 1.64 bits per heavy atom. The normalized spacial score (nSPS) is 10.5. The number of carbonyl (C=O) groups is 1. The topological polar surface area (TPSA) is 98.3 Å². The fourth-order valence-corrected chi connectivity index (χ4v) is 0.524. The van der Waals surface area contributed by atoms with E-state index in [1.807, 2.05) is 0 Å². The van der Waals surface area contributed by atoms with Crippen LogP contribution in [0.5, 0.6) is 0 Å². The van der Waals surface area contributed by atoms with Crippen LogP contribution in [0.3, 0.4) is 0 Å². The summed E-state index contributed by atoms with van der Waals surface area (Å²) in [5.74, 6) is -0.850. The first-order chi connectivity index (χ1) is 4.68. The molecule has 0 heterocycles. The van der Waals surface area contributed by atoms with Crippen LogP contribution < -0.4 is 11.9 Å². The third-order valence-electron chi connectivity index (χ3n) is 1.20. The zero-order chi connectivity index (χ0) is 7.98. The van der Waals surface area contributed by atoms with Crippen molar-refractivity contribution in [2.45, 2.75) is 19.8 Å². The first kappa shape index (κ1) is 12.8. The molecule has 0 aromatic heterocycles. The molecule has 0 bridgehead atoms. The van der Waals surface area contributed by atoms with Crippen molar-refractivity contribution >= 4 is 5.97 Å². The third-order valence-corrected chi connectivity index (χ3v) is 1.20. The van der Waals surface area contributed by atoms with Crippen molar-refractivity contribution in [2.24, 2.45) is 5.73 Å². The van der Waals surface area contributed by atoms with Crippen molar-refractivity contribution in [2.75, 3.05) is 6.54 Å². The molecule has 6 N–H and O–H groups in total. The standard InChI is InChI=1S/C7H13NO2.H3N/c1-6(7(9)10)4-2-3-5-8;/h4H,2-3,5,8H2,1H3,(H,9,10);1H3. The molecule has 0 aliphatic rings. The lowest BCUT2D eigenvalue weighted by atomic mass is 10.2. The van der Waals surface area contributed by atoms with Crippen molar-refractivity contribution < 1.29 is 9.90 Å². The molecule has 0 radical (unpaired) electrons. The summed E-state index contributed by atoms with van der Waals surface area (Å²) < 4.78 is 0. The van der Waals surface area contributed by atoms with Crippen LogP contribution >= 0.6 is 0 Å². The molecule has 0 saturated carbocycles. The average Bonchev–Trinajstić information content (AvgIpc) is 1.88. The Labute approximate surface area is 66.7 Å². The van der Waals surface area contributed by atoms with E-state index in [4.69, 9.17) is 10.8 Å². The first-order valence-electron chi connectivity index (χ1n) is 3.28. The van der Waals surface area contributed by atoms with Crippen LogP contribution in [-0.2, 0) is 4.79 Å². The molecular weight excluding hydrogens is 144 g/mol. The van der Waals surface area contributed by atoms with Gasteiger partial charge in [0.25, 0.3) is 0 Å². The average molecular weight is 160 g/mol. The Bertz CT molecular complexity index is 143. The fraction of sp³-hybridized carbons (Fsp3) is 0.571. The molecular formula is C7H16N2O2. The summed E-state index contributed by atoms with van der Waals surface area (Å²) >= 11 is 0. The fourth-order valence-electron chi connectivity index (χ4n) is 0.524. The number of rotatable bonds is 4. The van der Waals surface area contributed by atoms with E-state index in [9.17, 15) is 4.79 Å². The Hall–Kier alpha value is -0.870. The molecule has 0 fully saturated rings. The maximum atomic E-state index is 10.2. The van der Waals surface area contributed by atoms with E-state index < -0.39 is 5.97 Å². The smallest absolute Gasteiger partial charge is 0.330 e. The summed E-state index contributed by atoms with van der Waals surface area (Å²) in [4.78, 5) is 10.2. The Balaban J connectivity index is 0.